The van der Waals surface area contributed by atoms with E-state index in [9.17, 15) is 39.1 Å². The lowest BCUT2D eigenvalue weighted by Gasteiger charge is -2.24. The molecule has 2 heterocycles. The molecule has 0 saturated heterocycles. The summed E-state index contributed by atoms with van der Waals surface area (Å²) in [4.78, 5) is 3.36. The fourth-order valence-corrected chi connectivity index (χ4v) is 7.54. The van der Waals surface area contributed by atoms with Gasteiger partial charge in [-0.25, -0.2) is 9.13 Å². The number of imidazole rings is 1. The second kappa shape index (κ2) is 14.4. The Kier molecular flexibility index (Phi) is 10.8. The number of allylic oxidation sites excluding steroid dienone is 4. The van der Waals surface area contributed by atoms with Gasteiger partial charge in [0.15, 0.2) is 11.0 Å². The summed E-state index contributed by atoms with van der Waals surface area (Å²) in [5.41, 5.74) is 2.20. The summed E-state index contributed by atoms with van der Waals surface area (Å²) in [6.07, 6.45) is 2.66. The van der Waals surface area contributed by atoms with Crippen LogP contribution in [-0.2, 0) is 40.0 Å². The lowest BCUT2D eigenvalue weighted by atomic mass is 10.1. The SMILES string of the molecule is CCN1\C(=C/C=C(C)/C=C/c2n(CCCS(=O)(=O)O)c3ccc4ccccc4c3[n+]2C)N(CCCS(=O)(=O)O)c2cc(C(F)(F)F)c(Cl)cc21. The van der Waals surface area contributed by atoms with Crippen molar-refractivity contribution in [3.8, 4) is 0 Å². The van der Waals surface area contributed by atoms with Gasteiger partial charge in [-0.05, 0) is 62.1 Å². The van der Waals surface area contributed by atoms with Crippen LogP contribution >= 0.6 is 11.6 Å². The minimum Gasteiger partial charge on any atom is -0.326 e. The first-order chi connectivity index (χ1) is 23.4. The molecule has 16 heteroatoms. The molecule has 0 fully saturated rings. The highest BCUT2D eigenvalue weighted by atomic mass is 35.5. The second-order valence-electron chi connectivity index (χ2n) is 12.0. The molecule has 0 bridgehead atoms. The van der Waals surface area contributed by atoms with Crippen LogP contribution in [0.5, 0.6) is 0 Å². The van der Waals surface area contributed by atoms with Crippen LogP contribution in [0.15, 0.2) is 78.2 Å². The van der Waals surface area contributed by atoms with Gasteiger partial charge in [-0.1, -0.05) is 47.5 Å². The van der Waals surface area contributed by atoms with Crippen LogP contribution in [-0.4, -0.2) is 55.1 Å². The number of alkyl halides is 3. The van der Waals surface area contributed by atoms with Gasteiger partial charge in [0.25, 0.3) is 26.1 Å². The standard InChI is InChI=1S/C34H36ClF3N4O6S2/c1-4-40-30-22-27(35)26(34(36,37)38)21-29(30)42(18-8-20-50(46,47)48)32(40)16-12-23(2)11-15-31-39(3)33-25-10-6-5-9-24(25)13-14-28(33)41(31)17-7-19-49(43,44)45/h5-6,9-16,21-22H,4,7-8,17-20H2,1-3H3,(H-,43,44,45,46,47,48)/p+1. The third-order valence-corrected chi connectivity index (χ3v) is 10.4. The zero-order valence-electron chi connectivity index (χ0n) is 27.5. The van der Waals surface area contributed by atoms with Crippen molar-refractivity contribution in [1.82, 2.24) is 4.57 Å². The van der Waals surface area contributed by atoms with E-state index in [1.165, 1.54) is 6.07 Å². The Morgan fingerprint density at radius 1 is 0.940 bits per heavy atom. The summed E-state index contributed by atoms with van der Waals surface area (Å²) < 4.78 is 110. The van der Waals surface area contributed by atoms with Gasteiger partial charge >= 0.3 is 6.18 Å². The number of nitrogens with zero attached hydrogens (tertiary/aromatic N) is 4. The Labute approximate surface area is 293 Å². The molecule has 0 unspecified atom stereocenters. The Morgan fingerprint density at radius 3 is 2.22 bits per heavy atom. The summed E-state index contributed by atoms with van der Waals surface area (Å²) in [5.74, 6) is 0.293. The van der Waals surface area contributed by atoms with Crippen LogP contribution in [0, 0.1) is 0 Å². The van der Waals surface area contributed by atoms with Gasteiger partial charge in [-0.2, -0.15) is 30.0 Å². The molecule has 0 radical (unpaired) electrons. The summed E-state index contributed by atoms with van der Waals surface area (Å²) in [6.45, 7) is 4.35. The summed E-state index contributed by atoms with van der Waals surface area (Å²) in [6, 6.07) is 14.1. The Bertz CT molecular complexity index is 2270. The van der Waals surface area contributed by atoms with Crippen LogP contribution < -0.4 is 14.4 Å². The Morgan fingerprint density at radius 2 is 1.58 bits per heavy atom. The van der Waals surface area contributed by atoms with Gasteiger partial charge < -0.3 is 9.80 Å². The highest BCUT2D eigenvalue weighted by Crippen LogP contribution is 2.47. The van der Waals surface area contributed by atoms with E-state index in [2.05, 4.69) is 0 Å². The predicted molar refractivity (Wildman–Crippen MR) is 190 cm³/mol. The van der Waals surface area contributed by atoms with Crippen LogP contribution in [0.4, 0.5) is 24.5 Å². The van der Waals surface area contributed by atoms with Crippen molar-refractivity contribution in [2.75, 3.05) is 34.4 Å². The topological polar surface area (TPSA) is 124 Å². The molecule has 0 spiro atoms. The van der Waals surface area contributed by atoms with Gasteiger partial charge in [0.1, 0.15) is 5.82 Å². The minimum absolute atomic E-state index is 0.00420. The molecule has 0 atom stereocenters. The summed E-state index contributed by atoms with van der Waals surface area (Å²) >= 11 is 6.08. The van der Waals surface area contributed by atoms with E-state index in [0.717, 1.165) is 39.3 Å². The lowest BCUT2D eigenvalue weighted by Crippen LogP contribution is -2.31. The molecular weight excluding hydrogens is 717 g/mol. The molecule has 3 aromatic carbocycles. The van der Waals surface area contributed by atoms with E-state index in [4.69, 9.17) is 11.6 Å². The van der Waals surface area contributed by atoms with Gasteiger partial charge in [0, 0.05) is 31.0 Å². The molecule has 0 amide bonds. The third kappa shape index (κ3) is 8.18. The summed E-state index contributed by atoms with van der Waals surface area (Å²) in [5, 5.41) is 1.58. The fourth-order valence-electron chi connectivity index (χ4n) is 6.29. The monoisotopic (exact) mass is 753 g/mol. The lowest BCUT2D eigenvalue weighted by molar-refractivity contribution is -0.646. The number of halogens is 4. The van der Waals surface area contributed by atoms with Gasteiger partial charge in [-0.15, -0.1) is 0 Å². The van der Waals surface area contributed by atoms with E-state index < -0.39 is 48.5 Å². The number of anilines is 2. The van der Waals surface area contributed by atoms with E-state index in [-0.39, 0.29) is 25.1 Å². The smallest absolute Gasteiger partial charge is 0.326 e. The third-order valence-electron chi connectivity index (χ3n) is 8.50. The van der Waals surface area contributed by atoms with Gasteiger partial charge in [-0.3, -0.25) is 9.11 Å². The molecule has 0 aliphatic carbocycles. The predicted octanol–water partition coefficient (Wildman–Crippen LogP) is 6.99. The van der Waals surface area contributed by atoms with Crippen molar-refractivity contribution in [2.45, 2.75) is 39.4 Å². The minimum atomic E-state index is -4.71. The molecule has 0 saturated carbocycles. The van der Waals surface area contributed by atoms with Crippen molar-refractivity contribution in [3.63, 3.8) is 0 Å². The first-order valence-electron chi connectivity index (χ1n) is 15.7. The molecule has 5 rings (SSSR count). The molecule has 1 aliphatic rings. The van der Waals surface area contributed by atoms with Gasteiger partial charge in [0.2, 0.25) is 0 Å². The van der Waals surface area contributed by atoms with E-state index in [1.807, 2.05) is 78.6 Å². The molecule has 4 aromatic rings. The highest BCUT2D eigenvalue weighted by molar-refractivity contribution is 7.86. The fraction of sp³-hybridized carbons (Fsp3) is 0.324. The number of hydrogen-bond donors (Lipinski definition) is 2. The summed E-state index contributed by atoms with van der Waals surface area (Å²) in [7, 11) is -6.54. The van der Waals surface area contributed by atoms with Crippen LogP contribution in [0.25, 0.3) is 27.9 Å². The largest absolute Gasteiger partial charge is 0.417 e. The van der Waals surface area contributed by atoms with E-state index >= 15 is 0 Å². The maximum absolute atomic E-state index is 13.8. The molecular formula is C34H37ClF3N4O6S2+. The number of aryl methyl sites for hydroxylation is 2. The average Bonchev–Trinajstić information content (AvgIpc) is 3.46. The van der Waals surface area contributed by atoms with E-state index in [0.29, 0.717) is 24.6 Å². The number of hydrogen-bond acceptors (Lipinski definition) is 6. The number of fused-ring (bicyclic) bond motifs is 4. The molecule has 268 valence electrons. The maximum Gasteiger partial charge on any atom is 0.417 e. The maximum atomic E-state index is 13.8. The van der Waals surface area contributed by atoms with Crippen LogP contribution in [0.3, 0.4) is 0 Å². The van der Waals surface area contributed by atoms with Crippen LogP contribution in [0.1, 0.15) is 38.1 Å². The Balaban J connectivity index is 1.55. The van der Waals surface area contributed by atoms with Crippen molar-refractivity contribution < 1.29 is 43.7 Å². The number of benzene rings is 3. The number of rotatable bonds is 12. The molecule has 1 aliphatic heterocycles. The van der Waals surface area contributed by atoms with Crippen molar-refractivity contribution in [1.29, 1.82) is 0 Å². The second-order valence-corrected chi connectivity index (χ2v) is 15.5. The van der Waals surface area contributed by atoms with Crippen molar-refractivity contribution >= 4 is 71.1 Å². The first kappa shape index (κ1) is 37.4. The average molecular weight is 754 g/mol. The first-order valence-corrected chi connectivity index (χ1v) is 19.3. The molecule has 10 nitrogen and oxygen atoms in total. The van der Waals surface area contributed by atoms with Crippen LogP contribution in [0.2, 0.25) is 5.02 Å². The van der Waals surface area contributed by atoms with Crippen molar-refractivity contribution in [3.05, 3.63) is 94.6 Å². The van der Waals surface area contributed by atoms with Crippen molar-refractivity contribution in [2.24, 2.45) is 7.05 Å². The van der Waals surface area contributed by atoms with E-state index in [1.54, 1.807) is 22.0 Å². The molecule has 2 N–H and O–H groups in total. The van der Waals surface area contributed by atoms with Gasteiger partial charge in [0.05, 0.1) is 47.1 Å². The highest BCUT2D eigenvalue weighted by Gasteiger charge is 2.38. The zero-order chi connectivity index (χ0) is 36.6. The zero-order valence-corrected chi connectivity index (χ0v) is 29.9. The Hall–Kier alpha value is -3.89. The molecule has 50 heavy (non-hydrogen) atoms. The molecule has 1 aromatic heterocycles. The normalized spacial score (nSPS) is 15.4. The quantitative estimate of drug-likeness (QED) is 0.0902. The number of aromatic nitrogens is 2.